The minimum atomic E-state index is -2.46. The van der Waals surface area contributed by atoms with Crippen LogP contribution in [0.1, 0.15) is 122 Å². The molecule has 0 saturated carbocycles. The van der Waals surface area contributed by atoms with E-state index in [2.05, 4.69) is 85.6 Å². The van der Waals surface area contributed by atoms with Crippen LogP contribution in [0.2, 0.25) is 40.1 Å². The summed E-state index contributed by atoms with van der Waals surface area (Å²) in [6.45, 7) is 20.2. The molecule has 0 amide bonds. The van der Waals surface area contributed by atoms with Crippen LogP contribution in [0.3, 0.4) is 0 Å². The number of aryl methyl sites for hydroxylation is 8. The molecule has 1 N–H and O–H groups in total. The molecule has 15 aromatic rings. The molecule has 0 radical (unpaired) electrons. The number of aliphatic hydroxyl groups is 1. The van der Waals surface area contributed by atoms with Crippen LogP contribution in [0.5, 0.6) is 23.0 Å². The molecule has 0 aliphatic rings. The maximum absolute atomic E-state index is 13.9. The molecule has 0 bridgehead atoms. The van der Waals surface area contributed by atoms with Gasteiger partial charge in [0.2, 0.25) is 0 Å². The molecular formula is C93H81BrCl5F8N15O13S3Sn. The van der Waals surface area contributed by atoms with Crippen molar-refractivity contribution in [3.8, 4) is 67.2 Å². The van der Waals surface area contributed by atoms with Crippen molar-refractivity contribution in [2.75, 3.05) is 13.2 Å². The second kappa shape index (κ2) is 47.0. The molecule has 0 aliphatic heterocycles. The van der Waals surface area contributed by atoms with Gasteiger partial charge in [0.25, 0.3) is 16.7 Å². The van der Waals surface area contributed by atoms with Crippen LogP contribution in [0.25, 0.3) is 44.2 Å². The van der Waals surface area contributed by atoms with Gasteiger partial charge in [-0.15, -0.1) is 34.0 Å². The number of halogens is 14. The van der Waals surface area contributed by atoms with Crippen molar-refractivity contribution in [1.29, 1.82) is 0 Å². The Morgan fingerprint density at radius 1 is 0.403 bits per heavy atom. The van der Waals surface area contributed by atoms with Gasteiger partial charge in [-0.05, 0) is 120 Å². The zero-order valence-electron chi connectivity index (χ0n) is 76.1. The molecule has 0 spiro atoms. The number of thiazole rings is 3. The van der Waals surface area contributed by atoms with Gasteiger partial charge in [-0.1, -0.05) is 46.4 Å². The Hall–Kier alpha value is -11.8. The topological polar surface area (TPSA) is 340 Å². The third-order valence-electron chi connectivity index (χ3n) is 19.7. The maximum Gasteiger partial charge on any atom is 0.277 e. The van der Waals surface area contributed by atoms with E-state index in [9.17, 15) is 69.0 Å². The number of aromatic nitrogens is 15. The number of rotatable bonds is 24. The van der Waals surface area contributed by atoms with Crippen molar-refractivity contribution < 1.29 is 78.2 Å². The smallest absolute Gasteiger partial charge is 0.277 e. The summed E-state index contributed by atoms with van der Waals surface area (Å²) in [6.07, 6.45) is 10.1. The van der Waals surface area contributed by atoms with Gasteiger partial charge in [-0.3, -0.25) is 53.0 Å². The Kier molecular flexibility index (Phi) is 36.3. The van der Waals surface area contributed by atoms with E-state index in [4.69, 9.17) is 86.4 Å². The third kappa shape index (κ3) is 26.8. The molecular weight excluding hydrogens is 2160 g/mol. The summed E-state index contributed by atoms with van der Waals surface area (Å²) in [5.74, 6) is -7.22. The first-order valence-corrected chi connectivity index (χ1v) is 56.5. The molecule has 0 fully saturated rings. The average molecular weight is 2240 g/mol. The van der Waals surface area contributed by atoms with Crippen LogP contribution in [-0.4, -0.2) is 122 Å². The van der Waals surface area contributed by atoms with Crippen molar-refractivity contribution in [2.24, 2.45) is 0 Å². The average Bonchev–Trinajstić information content (AvgIpc) is 1.13. The van der Waals surface area contributed by atoms with Gasteiger partial charge in [0.1, 0.15) is 125 Å². The first kappa shape index (κ1) is 108. The molecule has 0 aromatic carbocycles. The molecule has 726 valence electrons. The summed E-state index contributed by atoms with van der Waals surface area (Å²) in [5.41, 5.74) is 5.90. The van der Waals surface area contributed by atoms with Crippen molar-refractivity contribution in [2.45, 2.75) is 130 Å². The molecule has 0 saturated heterocycles. The van der Waals surface area contributed by atoms with Crippen LogP contribution < -0.4 is 44.9 Å². The number of pyridine rings is 12. The van der Waals surface area contributed by atoms with Crippen molar-refractivity contribution in [3.05, 3.63) is 341 Å². The minimum Gasteiger partial charge on any atom is -0.485 e. The Bertz CT molecular complexity index is 7440. The molecule has 46 heteroatoms. The Morgan fingerprint density at radius 3 is 1.01 bits per heavy atom. The van der Waals surface area contributed by atoms with E-state index < -0.39 is 98.7 Å². The van der Waals surface area contributed by atoms with E-state index in [-0.39, 0.29) is 116 Å². The Balaban J connectivity index is 0.000000172. The normalized spacial score (nSPS) is 11.2. The summed E-state index contributed by atoms with van der Waals surface area (Å²) >= 11 is 35.6. The number of hydrogen-bond donors (Lipinski definition) is 1. The monoisotopic (exact) mass is 2240 g/mol. The molecule has 28 nitrogen and oxygen atoms in total. The fourth-order valence-corrected chi connectivity index (χ4v) is 19.2. The van der Waals surface area contributed by atoms with Crippen LogP contribution >= 0.6 is 108 Å². The molecule has 139 heavy (non-hydrogen) atoms. The predicted molar refractivity (Wildman–Crippen MR) is 518 cm³/mol. The number of esters is 2. The molecule has 15 rings (SSSR count). The zero-order chi connectivity index (χ0) is 102. The van der Waals surface area contributed by atoms with Crippen molar-refractivity contribution in [1.82, 2.24) is 73.1 Å². The van der Waals surface area contributed by atoms with Gasteiger partial charge in [0.15, 0.2) is 32.8 Å². The van der Waals surface area contributed by atoms with Gasteiger partial charge in [0.05, 0.1) is 54.6 Å². The summed E-state index contributed by atoms with van der Waals surface area (Å²) in [5, 5.41) is 15.8. The van der Waals surface area contributed by atoms with Crippen LogP contribution in [-0.2, 0) is 41.5 Å². The zero-order valence-corrected chi connectivity index (χ0v) is 86.8. The number of hydrogen-bond acceptors (Lipinski definition) is 27. The van der Waals surface area contributed by atoms with Gasteiger partial charge in [-0.25, -0.2) is 60.3 Å². The van der Waals surface area contributed by atoms with Gasteiger partial charge >= 0.3 is 185 Å². The van der Waals surface area contributed by atoms with E-state index >= 15 is 0 Å². The third-order valence-corrected chi connectivity index (χ3v) is 29.6. The summed E-state index contributed by atoms with van der Waals surface area (Å²) in [7, 11) is 0. The standard InChI is InChI=1S/C24H19ClF2N4O4S.C24H21ClF2N4O3S.C18H13Cl2F2N3O2.C18H13ClF2N3O2.C6H6BrNO2S.3CH3.Sn/c1-4-34-24(33)18-11-36-22(30-18)16-7-19(12(2)8-28-16)31-13(3)5-20(21(25)23(31)32)35-10-17-15(27)6-14(26)9-29-17;1-12-8-28-16(22-30-20(11-35-22)24(3,4)33)7-18(12)31-13(2)5-19(21(25)23(31)32)34-10-17-15(27)6-14(26)9-29-17;1-9-6-24-16(19)5-14(9)25-10(2)3-15(17(20)18(25)26)27-8-13-12(22)4-11(21)7-23-13;1-10-7-22-4-3-15(10)24-11(2)5-16(17(19)18(24)25)26-9-14-13(21)6-12(20)8-23-14;1-2-10-5(9)4-3-11-6(7)8-4;;;;/h5-9,11H,4,10H2,1-3H3;5-9,11,33H,10H2,1-4H3;3-7H,8H2,1-2H3;3,5-8H,9H2,1-2H3;3H,2H2,1H3;3*1H3;. The van der Waals surface area contributed by atoms with E-state index in [1.807, 2.05) is 19.9 Å². The van der Waals surface area contributed by atoms with E-state index in [1.54, 1.807) is 147 Å². The fourth-order valence-electron chi connectivity index (χ4n) is 12.7. The number of carbonyl (C=O) groups excluding carboxylic acids is 2. The first-order chi connectivity index (χ1) is 65.6. The van der Waals surface area contributed by atoms with Gasteiger partial charge in [-0.2, -0.15) is 0 Å². The largest absolute Gasteiger partial charge is 0.485 e. The van der Waals surface area contributed by atoms with E-state index in [0.717, 1.165) is 56.9 Å². The van der Waals surface area contributed by atoms with Gasteiger partial charge in [0, 0.05) is 88.2 Å². The van der Waals surface area contributed by atoms with Crippen LogP contribution in [0.15, 0.2) is 162 Å². The SMILES string of the molecule is CCOC(=O)c1csc(-c2cc(-n3c(C)cc(OCc4ncc(F)cc4F)c(Cl)c3=O)c(C)cn2)n1.CCOC(=O)c1csc(Br)n1.Cc1cn[c]([Sn]([CH3])([CH3])[CH3])cc1-n1c(C)cc(OCc2ncc(F)cc2F)c(Cl)c1=O.Cc1cnc(-c2nc(C(C)(C)O)cs2)cc1-n1c(C)cc(OCc2ncc(F)cc2F)c(Cl)c1=O.Cc1cnc(Cl)cc1-n1c(C)cc(OCc2ncc(F)cc2F)c(Cl)c1=O. The molecule has 15 aromatic heterocycles. The van der Waals surface area contributed by atoms with Crippen LogP contribution in [0, 0.1) is 102 Å². The Morgan fingerprint density at radius 2 is 0.705 bits per heavy atom. The summed E-state index contributed by atoms with van der Waals surface area (Å²) in [6, 6.07) is 16.0. The summed E-state index contributed by atoms with van der Waals surface area (Å²) < 4.78 is 147. The molecule has 0 unspecified atom stereocenters. The predicted octanol–water partition coefficient (Wildman–Crippen LogP) is 21.0. The van der Waals surface area contributed by atoms with E-state index in [0.29, 0.717) is 107 Å². The number of carbonyl (C=O) groups is 2. The minimum absolute atomic E-state index is 0.0341. The second-order valence-corrected chi connectivity index (χ2v) is 51.6. The molecule has 15 heterocycles. The number of nitrogens with zero attached hydrogens (tertiary/aromatic N) is 15. The maximum atomic E-state index is 13.9. The second-order valence-electron chi connectivity index (χ2n) is 31.6. The first-order valence-electron chi connectivity index (χ1n) is 41.2. The van der Waals surface area contributed by atoms with Crippen molar-refractivity contribution >= 4 is 142 Å². The van der Waals surface area contributed by atoms with Crippen LogP contribution in [0.4, 0.5) is 35.1 Å². The molecule has 0 atom stereocenters. The number of ether oxygens (including phenoxy) is 6. The van der Waals surface area contributed by atoms with Crippen molar-refractivity contribution in [3.63, 3.8) is 0 Å². The Labute approximate surface area is 837 Å². The molecule has 0 aliphatic carbocycles. The summed E-state index contributed by atoms with van der Waals surface area (Å²) in [4.78, 5) is 127. The van der Waals surface area contributed by atoms with E-state index in [1.165, 1.54) is 58.3 Å². The quantitative estimate of drug-likeness (QED) is 0.0254. The van der Waals surface area contributed by atoms with Gasteiger partial charge < -0.3 is 28.8 Å². The fraction of sp³-hybridized carbons (Fsp3) is 0.237.